The lowest BCUT2D eigenvalue weighted by Crippen LogP contribution is -2.06. The molecule has 1 aliphatic rings. The molecule has 10 aromatic rings. The van der Waals surface area contributed by atoms with Crippen molar-refractivity contribution < 1.29 is 4.42 Å². The second-order valence-corrected chi connectivity index (χ2v) is 13.8. The summed E-state index contributed by atoms with van der Waals surface area (Å²) in [5, 5.41) is 14.2. The van der Waals surface area contributed by atoms with Crippen molar-refractivity contribution in [1.29, 1.82) is 0 Å². The van der Waals surface area contributed by atoms with E-state index in [0.29, 0.717) is 0 Å². The maximum atomic E-state index is 6.40. The average Bonchev–Trinajstić information content (AvgIpc) is 3.67. The second kappa shape index (κ2) is 9.06. The molecule has 0 bridgehead atoms. The van der Waals surface area contributed by atoms with Crippen LogP contribution in [0.2, 0.25) is 0 Å². The molecule has 1 aliphatic carbocycles. The van der Waals surface area contributed by atoms with Gasteiger partial charge in [-0.15, -0.1) is 11.3 Å². The van der Waals surface area contributed by atoms with E-state index in [1.807, 2.05) is 11.3 Å². The molecule has 11 rings (SSSR count). The van der Waals surface area contributed by atoms with Gasteiger partial charge in [-0.3, -0.25) is 0 Å². The summed E-state index contributed by atoms with van der Waals surface area (Å²) in [4.78, 5) is 0. The van der Waals surface area contributed by atoms with Gasteiger partial charge < -0.3 is 4.42 Å². The molecule has 46 heavy (non-hydrogen) atoms. The summed E-state index contributed by atoms with van der Waals surface area (Å²) < 4.78 is 9.23. The largest absolute Gasteiger partial charge is 0.456 e. The molecule has 2 heterocycles. The van der Waals surface area contributed by atoms with Gasteiger partial charge in [0.1, 0.15) is 11.2 Å². The number of hydrogen-bond acceptors (Lipinski definition) is 2. The van der Waals surface area contributed by atoms with Gasteiger partial charge in [0, 0.05) is 30.8 Å². The van der Waals surface area contributed by atoms with Gasteiger partial charge in [-0.2, -0.15) is 0 Å². The maximum absolute atomic E-state index is 6.40. The maximum Gasteiger partial charge on any atom is 0.136 e. The van der Waals surface area contributed by atoms with E-state index in [1.54, 1.807) is 0 Å². The number of fused-ring (bicyclic) bond motifs is 6. The number of aryl methyl sites for hydroxylation is 1. The van der Waals surface area contributed by atoms with Crippen molar-refractivity contribution in [3.8, 4) is 22.3 Å². The zero-order valence-corrected chi connectivity index (χ0v) is 25.7. The molecule has 0 saturated heterocycles. The Morgan fingerprint density at radius 1 is 0.500 bits per heavy atom. The van der Waals surface area contributed by atoms with Crippen molar-refractivity contribution >= 4 is 92.5 Å². The Balaban J connectivity index is 1.25. The van der Waals surface area contributed by atoms with Crippen LogP contribution in [0.5, 0.6) is 0 Å². The fourth-order valence-corrected chi connectivity index (χ4v) is 9.55. The topological polar surface area (TPSA) is 13.1 Å². The van der Waals surface area contributed by atoms with E-state index in [-0.39, 0.29) is 0 Å². The van der Waals surface area contributed by atoms with Crippen molar-refractivity contribution in [1.82, 2.24) is 0 Å². The average molecular weight is 603 g/mol. The number of furan rings is 1. The molecule has 0 spiro atoms. The molecule has 1 nitrogen and oxygen atoms in total. The van der Waals surface area contributed by atoms with Crippen molar-refractivity contribution in [2.75, 3.05) is 0 Å². The minimum Gasteiger partial charge on any atom is -0.456 e. The molecule has 0 aliphatic heterocycles. The van der Waals surface area contributed by atoms with Crippen LogP contribution in [0.3, 0.4) is 0 Å². The molecule has 2 aromatic heterocycles. The minimum absolute atomic E-state index is 0.925. The van der Waals surface area contributed by atoms with Crippen molar-refractivity contribution in [3.05, 3.63) is 137 Å². The molecule has 0 amide bonds. The molecule has 214 valence electrons. The molecule has 0 fully saturated rings. The van der Waals surface area contributed by atoms with Gasteiger partial charge in [-0.05, 0) is 115 Å². The number of benzene rings is 8. The van der Waals surface area contributed by atoms with E-state index in [2.05, 4.69) is 133 Å². The smallest absolute Gasteiger partial charge is 0.136 e. The third kappa shape index (κ3) is 3.29. The quantitative estimate of drug-likeness (QED) is 0.179. The van der Waals surface area contributed by atoms with E-state index < -0.39 is 0 Å². The van der Waals surface area contributed by atoms with E-state index in [9.17, 15) is 0 Å². The number of rotatable bonds is 2. The lowest BCUT2D eigenvalue weighted by molar-refractivity contribution is 0.669. The highest BCUT2D eigenvalue weighted by Crippen LogP contribution is 2.48. The van der Waals surface area contributed by atoms with Gasteiger partial charge >= 0.3 is 0 Å². The molecule has 0 unspecified atom stereocenters. The first-order chi connectivity index (χ1) is 22.8. The number of thiophene rings is 1. The molecule has 0 radical (unpaired) electrons. The molecular weight excluding hydrogens is 577 g/mol. The van der Waals surface area contributed by atoms with Crippen LogP contribution in [0.15, 0.2) is 132 Å². The van der Waals surface area contributed by atoms with E-state index in [4.69, 9.17) is 4.42 Å². The van der Waals surface area contributed by atoms with Crippen molar-refractivity contribution in [3.63, 3.8) is 0 Å². The Kier molecular flexibility index (Phi) is 4.89. The Labute approximate surface area is 268 Å². The number of hydrogen-bond donors (Lipinski definition) is 0. The van der Waals surface area contributed by atoms with E-state index >= 15 is 0 Å². The minimum atomic E-state index is 0.925. The molecule has 0 saturated carbocycles. The third-order valence-corrected chi connectivity index (χ3v) is 11.4. The lowest BCUT2D eigenvalue weighted by Gasteiger charge is -2.21. The highest BCUT2D eigenvalue weighted by Gasteiger charge is 2.23. The van der Waals surface area contributed by atoms with Crippen LogP contribution in [0.1, 0.15) is 12.0 Å². The van der Waals surface area contributed by atoms with Gasteiger partial charge in [0.25, 0.3) is 0 Å². The zero-order valence-electron chi connectivity index (χ0n) is 24.9. The van der Waals surface area contributed by atoms with Gasteiger partial charge in [-0.1, -0.05) is 97.1 Å². The monoisotopic (exact) mass is 602 g/mol. The first-order valence-corrected chi connectivity index (χ1v) is 16.9. The highest BCUT2D eigenvalue weighted by molar-refractivity contribution is 7.18. The predicted molar refractivity (Wildman–Crippen MR) is 198 cm³/mol. The van der Waals surface area contributed by atoms with Gasteiger partial charge in [0.2, 0.25) is 0 Å². The Hall–Kier alpha value is -5.44. The molecule has 0 atom stereocenters. The summed E-state index contributed by atoms with van der Waals surface area (Å²) >= 11 is 1.95. The standard InChI is InChI=1S/C44H26OS/c1-2-10-26-24-38-35(21-25(26)9-1)34-22-28(19-20-37(34)45-38)41-29-12-3-5-14-31(29)43(32-15-6-4-13-30(32)41)36-23-27-11-7-17-39-42(27)44-33(36)16-8-18-40(44)46-39/h1-7,9-15,17-24H,8,16H2. The summed E-state index contributed by atoms with van der Waals surface area (Å²) in [7, 11) is 0. The van der Waals surface area contributed by atoms with Crippen LogP contribution in [0.4, 0.5) is 0 Å². The van der Waals surface area contributed by atoms with Gasteiger partial charge in [-0.25, -0.2) is 0 Å². The SMILES string of the molecule is C1=c2sc3cccc4cc(-c5c6ccccc6c(-c6ccc7oc8cc9ccccc9cc8c7c6)c6ccccc56)c(c2c43)CC1. The first kappa shape index (κ1) is 24.8. The molecule has 0 N–H and O–H groups in total. The summed E-state index contributed by atoms with van der Waals surface area (Å²) in [5.41, 5.74) is 8.60. The third-order valence-electron chi connectivity index (χ3n) is 10.3. The first-order valence-electron chi connectivity index (χ1n) is 16.1. The zero-order chi connectivity index (χ0) is 29.9. The van der Waals surface area contributed by atoms with E-state index in [0.717, 1.165) is 34.8 Å². The normalized spacial score (nSPS) is 13.2. The molecule has 8 aromatic carbocycles. The highest BCUT2D eigenvalue weighted by atomic mass is 32.1. The van der Waals surface area contributed by atoms with Crippen LogP contribution in [0.25, 0.3) is 103 Å². The lowest BCUT2D eigenvalue weighted by atomic mass is 9.82. The summed E-state index contributed by atoms with van der Waals surface area (Å²) in [5.74, 6) is 0. The molecule has 2 heteroatoms. The van der Waals surface area contributed by atoms with Crippen LogP contribution in [-0.2, 0) is 6.42 Å². The van der Waals surface area contributed by atoms with Crippen LogP contribution >= 0.6 is 11.3 Å². The summed E-state index contributed by atoms with van der Waals surface area (Å²) in [6.45, 7) is 0. The fourth-order valence-electron chi connectivity index (χ4n) is 8.31. The Morgan fingerprint density at radius 2 is 1.17 bits per heavy atom. The summed E-state index contributed by atoms with van der Waals surface area (Å²) in [6, 6.07) is 47.1. The van der Waals surface area contributed by atoms with Crippen molar-refractivity contribution in [2.24, 2.45) is 0 Å². The predicted octanol–water partition coefficient (Wildman–Crippen LogP) is 12.2. The van der Waals surface area contributed by atoms with Gasteiger partial charge in [0.05, 0.1) is 0 Å². The summed E-state index contributed by atoms with van der Waals surface area (Å²) in [6.07, 6.45) is 4.61. The Morgan fingerprint density at radius 3 is 1.96 bits per heavy atom. The van der Waals surface area contributed by atoms with Crippen molar-refractivity contribution in [2.45, 2.75) is 12.8 Å². The second-order valence-electron chi connectivity index (χ2n) is 12.7. The van der Waals surface area contributed by atoms with Gasteiger partial charge in [0.15, 0.2) is 0 Å². The van der Waals surface area contributed by atoms with E-state index in [1.165, 1.54) is 85.5 Å². The van der Waals surface area contributed by atoms with Crippen LogP contribution in [-0.4, -0.2) is 0 Å². The molecular formula is C44H26OS. The van der Waals surface area contributed by atoms with Crippen LogP contribution < -0.4 is 4.53 Å². The fraction of sp³-hybridized carbons (Fsp3) is 0.0455. The van der Waals surface area contributed by atoms with Crippen LogP contribution in [0, 0.1) is 0 Å². The Bertz CT molecular complexity index is 2920.